The summed E-state index contributed by atoms with van der Waals surface area (Å²) in [5.74, 6) is 1.55. The molecule has 2 aromatic heterocycles. The van der Waals surface area contributed by atoms with Crippen molar-refractivity contribution in [1.29, 1.82) is 0 Å². The predicted molar refractivity (Wildman–Crippen MR) is 127 cm³/mol. The highest BCUT2D eigenvalue weighted by Crippen LogP contribution is 2.26. The van der Waals surface area contributed by atoms with Gasteiger partial charge in [-0.25, -0.2) is 9.67 Å². The summed E-state index contributed by atoms with van der Waals surface area (Å²) in [7, 11) is 1.68. The quantitative estimate of drug-likeness (QED) is 0.274. The zero-order valence-electron chi connectivity index (χ0n) is 20.7. The molecule has 0 atom stereocenters. The van der Waals surface area contributed by atoms with Gasteiger partial charge in [-0.15, -0.1) is 18.3 Å². The van der Waals surface area contributed by atoms with Crippen LogP contribution >= 0.6 is 0 Å². The van der Waals surface area contributed by atoms with Crippen LogP contribution in [0.1, 0.15) is 31.7 Å². The normalized spacial score (nSPS) is 12.1. The number of methoxy groups -OCH3 is 1. The molecule has 0 spiro atoms. The molecule has 0 fully saturated rings. The Balaban J connectivity index is 1.43. The third-order valence-corrected chi connectivity index (χ3v) is 5.58. The van der Waals surface area contributed by atoms with Crippen molar-refractivity contribution in [3.63, 3.8) is 0 Å². The molecule has 0 aliphatic rings. The number of nitrogens with zero attached hydrogens (tertiary/aromatic N) is 5. The average Bonchev–Trinajstić information content (AvgIpc) is 3.46. The molecule has 12 heteroatoms. The molecular formula is C25H26F3N5O4. The van der Waals surface area contributed by atoms with Crippen molar-refractivity contribution in [3.8, 4) is 34.6 Å². The molecule has 0 aliphatic heterocycles. The number of rotatable bonds is 10. The van der Waals surface area contributed by atoms with E-state index in [4.69, 9.17) is 14.0 Å². The van der Waals surface area contributed by atoms with Crippen molar-refractivity contribution in [3.05, 3.63) is 59.9 Å². The van der Waals surface area contributed by atoms with Crippen molar-refractivity contribution in [1.82, 2.24) is 24.9 Å². The monoisotopic (exact) mass is 517 g/mol. The lowest BCUT2D eigenvalue weighted by atomic mass is 10.1. The highest BCUT2D eigenvalue weighted by Gasteiger charge is 2.31. The van der Waals surface area contributed by atoms with Crippen molar-refractivity contribution < 1.29 is 31.9 Å². The second kappa shape index (κ2) is 10.6. The average molecular weight is 518 g/mol. The first-order chi connectivity index (χ1) is 17.5. The Labute approximate surface area is 211 Å². The summed E-state index contributed by atoms with van der Waals surface area (Å²) >= 11 is 0. The first kappa shape index (κ1) is 26.1. The van der Waals surface area contributed by atoms with Crippen LogP contribution < -0.4 is 9.47 Å². The Bertz CT molecular complexity index is 1330. The number of hydrogen-bond acceptors (Lipinski definition) is 8. The van der Waals surface area contributed by atoms with Crippen LogP contribution in [0, 0.1) is 6.92 Å². The molecule has 0 amide bonds. The molecule has 2 heterocycles. The highest BCUT2D eigenvalue weighted by atomic mass is 19.4. The van der Waals surface area contributed by atoms with Crippen LogP contribution in [0.2, 0.25) is 0 Å². The Kier molecular flexibility index (Phi) is 7.48. The van der Waals surface area contributed by atoms with E-state index in [0.29, 0.717) is 24.5 Å². The second-order valence-electron chi connectivity index (χ2n) is 8.85. The topological polar surface area (TPSA) is 97.3 Å². The number of benzene rings is 2. The van der Waals surface area contributed by atoms with Crippen LogP contribution in [-0.4, -0.2) is 50.6 Å². The van der Waals surface area contributed by atoms with Crippen molar-refractivity contribution in [2.24, 2.45) is 0 Å². The summed E-state index contributed by atoms with van der Waals surface area (Å²) in [5.41, 5.74) is 1.16. The molecule has 4 rings (SSSR count). The third-order valence-electron chi connectivity index (χ3n) is 5.58. The van der Waals surface area contributed by atoms with E-state index >= 15 is 0 Å². The maximum Gasteiger partial charge on any atom is 0.573 e. The molecular weight excluding hydrogens is 491 g/mol. The zero-order valence-corrected chi connectivity index (χ0v) is 20.7. The van der Waals surface area contributed by atoms with Gasteiger partial charge in [0, 0.05) is 19.1 Å². The standard InChI is InChI=1S/C25H26F3N5O4/c1-16-29-22(23-30-21(32-37-23)18-8-10-19(11-9-18)36-25(26,27)28)31-33(16)15-17-6-5-7-20(14-17)35-13-12-24(2,3)34-4/h5-11,14H,12-13,15H2,1-4H3. The molecule has 0 unspecified atom stereocenters. The smallest absolute Gasteiger partial charge is 0.493 e. The van der Waals surface area contributed by atoms with Gasteiger partial charge in [0.25, 0.3) is 5.89 Å². The van der Waals surface area contributed by atoms with Crippen LogP contribution in [0.5, 0.6) is 11.5 Å². The third kappa shape index (κ3) is 7.06. The number of hydrogen-bond donors (Lipinski definition) is 0. The van der Waals surface area contributed by atoms with E-state index in [1.165, 1.54) is 24.3 Å². The molecule has 2 aromatic carbocycles. The Morgan fingerprint density at radius 2 is 1.73 bits per heavy atom. The number of alkyl halides is 3. The first-order valence-electron chi connectivity index (χ1n) is 11.4. The molecule has 0 saturated carbocycles. The molecule has 9 nitrogen and oxygen atoms in total. The second-order valence-corrected chi connectivity index (χ2v) is 8.85. The van der Waals surface area contributed by atoms with Gasteiger partial charge in [0.05, 0.1) is 18.8 Å². The van der Waals surface area contributed by atoms with Gasteiger partial charge in [-0.3, -0.25) is 0 Å². The minimum atomic E-state index is -4.77. The fraction of sp³-hybridized carbons (Fsp3) is 0.360. The van der Waals surface area contributed by atoms with Gasteiger partial charge in [-0.2, -0.15) is 4.98 Å². The Morgan fingerprint density at radius 3 is 2.43 bits per heavy atom. The van der Waals surface area contributed by atoms with E-state index < -0.39 is 6.36 Å². The van der Waals surface area contributed by atoms with Gasteiger partial charge < -0.3 is 18.7 Å². The highest BCUT2D eigenvalue weighted by molar-refractivity contribution is 5.57. The van der Waals surface area contributed by atoms with Gasteiger partial charge >= 0.3 is 6.36 Å². The fourth-order valence-corrected chi connectivity index (χ4v) is 3.32. The van der Waals surface area contributed by atoms with E-state index in [1.807, 2.05) is 38.1 Å². The molecule has 4 aromatic rings. The van der Waals surface area contributed by atoms with Crippen LogP contribution in [0.3, 0.4) is 0 Å². The van der Waals surface area contributed by atoms with Crippen LogP contribution in [0.15, 0.2) is 53.1 Å². The Morgan fingerprint density at radius 1 is 0.973 bits per heavy atom. The Hall–Kier alpha value is -3.93. The lowest BCUT2D eigenvalue weighted by Crippen LogP contribution is -2.25. The van der Waals surface area contributed by atoms with Gasteiger partial charge in [0.2, 0.25) is 11.6 Å². The lowest BCUT2D eigenvalue weighted by molar-refractivity contribution is -0.274. The number of halogens is 3. The van der Waals surface area contributed by atoms with Crippen molar-refractivity contribution in [2.75, 3.05) is 13.7 Å². The summed E-state index contributed by atoms with van der Waals surface area (Å²) < 4.78 is 59.3. The minimum Gasteiger partial charge on any atom is -0.493 e. The molecule has 0 radical (unpaired) electrons. The molecule has 0 saturated heterocycles. The van der Waals surface area contributed by atoms with Crippen LogP contribution in [-0.2, 0) is 11.3 Å². The van der Waals surface area contributed by atoms with Crippen LogP contribution in [0.25, 0.3) is 23.1 Å². The molecule has 0 bridgehead atoms. The van der Waals surface area contributed by atoms with E-state index in [0.717, 1.165) is 17.7 Å². The number of ether oxygens (including phenoxy) is 3. The van der Waals surface area contributed by atoms with Crippen molar-refractivity contribution >= 4 is 0 Å². The lowest BCUT2D eigenvalue weighted by Gasteiger charge is -2.22. The van der Waals surface area contributed by atoms with Gasteiger partial charge in [-0.05, 0) is 62.7 Å². The van der Waals surface area contributed by atoms with E-state index in [2.05, 4.69) is 25.0 Å². The maximum absolute atomic E-state index is 12.4. The minimum absolute atomic E-state index is 0.0882. The fourth-order valence-electron chi connectivity index (χ4n) is 3.32. The zero-order chi connectivity index (χ0) is 26.6. The summed E-state index contributed by atoms with van der Waals surface area (Å²) in [5, 5.41) is 8.37. The van der Waals surface area contributed by atoms with E-state index in [1.54, 1.807) is 18.7 Å². The number of aromatic nitrogens is 5. The number of aryl methyl sites for hydroxylation is 1. The summed E-state index contributed by atoms with van der Waals surface area (Å²) in [4.78, 5) is 8.69. The molecule has 196 valence electrons. The summed E-state index contributed by atoms with van der Waals surface area (Å²) in [6.45, 7) is 6.79. The summed E-state index contributed by atoms with van der Waals surface area (Å²) in [6, 6.07) is 12.9. The summed E-state index contributed by atoms with van der Waals surface area (Å²) in [6.07, 6.45) is -4.02. The predicted octanol–water partition coefficient (Wildman–Crippen LogP) is 5.44. The maximum atomic E-state index is 12.4. The first-order valence-corrected chi connectivity index (χ1v) is 11.4. The molecule has 0 N–H and O–H groups in total. The van der Waals surface area contributed by atoms with Gasteiger partial charge in [0.1, 0.15) is 17.3 Å². The van der Waals surface area contributed by atoms with Gasteiger partial charge in [-0.1, -0.05) is 17.3 Å². The van der Waals surface area contributed by atoms with Crippen molar-refractivity contribution in [2.45, 2.75) is 45.7 Å². The van der Waals surface area contributed by atoms with E-state index in [-0.39, 0.29) is 28.9 Å². The van der Waals surface area contributed by atoms with Gasteiger partial charge in [0.15, 0.2) is 0 Å². The largest absolute Gasteiger partial charge is 0.573 e. The van der Waals surface area contributed by atoms with Crippen LogP contribution in [0.4, 0.5) is 13.2 Å². The molecule has 0 aliphatic carbocycles. The SMILES string of the molecule is COC(C)(C)CCOc1cccc(Cn2nc(-c3nc(-c4ccc(OC(F)(F)F)cc4)no3)nc2C)c1. The van der Waals surface area contributed by atoms with E-state index in [9.17, 15) is 13.2 Å². The molecule has 37 heavy (non-hydrogen) atoms.